The van der Waals surface area contributed by atoms with Crippen LogP contribution in [0.4, 0.5) is 0 Å². The number of carbonyl (C=O) groups excluding carboxylic acids is 1. The van der Waals surface area contributed by atoms with Crippen molar-refractivity contribution in [3.63, 3.8) is 0 Å². The molecule has 9 heteroatoms. The lowest BCUT2D eigenvalue weighted by molar-refractivity contribution is 0.00578. The number of aromatic hydroxyl groups is 1. The van der Waals surface area contributed by atoms with E-state index in [0.29, 0.717) is 16.7 Å². The number of hydrogen-bond donors (Lipinski definition) is 3. The molecular weight excluding hydrogens is 311 g/mol. The van der Waals surface area contributed by atoms with E-state index in [9.17, 15) is 9.90 Å². The fourth-order valence-electron chi connectivity index (χ4n) is 2.46. The first-order valence-corrected chi connectivity index (χ1v) is 7.52. The zero-order valence-corrected chi connectivity index (χ0v) is 14.0. The Balaban J connectivity index is 2.02. The van der Waals surface area contributed by atoms with Gasteiger partial charge in [-0.2, -0.15) is 15.4 Å². The normalized spacial score (nSPS) is 18.8. The largest absolute Gasteiger partial charge is 0.508 e. The molecule has 2 aromatic rings. The Morgan fingerprint density at radius 1 is 1.21 bits per heavy atom. The number of nitrogens with two attached hydrogens (primary N) is 1. The molecule has 0 saturated carbocycles. The van der Waals surface area contributed by atoms with E-state index in [4.69, 9.17) is 15.0 Å². The highest BCUT2D eigenvalue weighted by Gasteiger charge is 2.52. The van der Waals surface area contributed by atoms with Gasteiger partial charge in [-0.15, -0.1) is 0 Å². The summed E-state index contributed by atoms with van der Waals surface area (Å²) in [6.45, 7) is 7.71. The lowest BCUT2D eigenvalue weighted by Gasteiger charge is -2.32. The summed E-state index contributed by atoms with van der Waals surface area (Å²) in [7, 11) is -0.737. The Bertz CT molecular complexity index is 787. The number of carbonyl (C=O) groups is 1. The van der Waals surface area contributed by atoms with Crippen LogP contribution in [0.15, 0.2) is 18.2 Å². The van der Waals surface area contributed by atoms with Gasteiger partial charge in [-0.05, 0) is 45.9 Å². The van der Waals surface area contributed by atoms with Crippen LogP contribution in [0.3, 0.4) is 0 Å². The molecule has 0 unspecified atom stereocenters. The Kier molecular flexibility index (Phi) is 3.65. The van der Waals surface area contributed by atoms with Crippen LogP contribution in [0.5, 0.6) is 5.75 Å². The van der Waals surface area contributed by atoms with E-state index in [-0.39, 0.29) is 11.4 Å². The van der Waals surface area contributed by atoms with Crippen molar-refractivity contribution in [2.75, 3.05) is 0 Å². The van der Waals surface area contributed by atoms with Crippen LogP contribution >= 0.6 is 0 Å². The van der Waals surface area contributed by atoms with Crippen molar-refractivity contribution < 1.29 is 19.2 Å². The van der Waals surface area contributed by atoms with Crippen LogP contribution < -0.4 is 11.2 Å². The van der Waals surface area contributed by atoms with E-state index < -0.39 is 24.2 Å². The van der Waals surface area contributed by atoms with E-state index in [1.807, 2.05) is 27.7 Å². The van der Waals surface area contributed by atoms with Gasteiger partial charge in [0, 0.05) is 11.0 Å². The lowest BCUT2D eigenvalue weighted by atomic mass is 9.77. The molecule has 1 fully saturated rings. The number of amides is 1. The van der Waals surface area contributed by atoms with Gasteiger partial charge >= 0.3 is 7.12 Å². The summed E-state index contributed by atoms with van der Waals surface area (Å²) in [5.74, 6) is -0.662. The maximum atomic E-state index is 11.4. The molecule has 1 saturated heterocycles. The van der Waals surface area contributed by atoms with Crippen molar-refractivity contribution in [2.24, 2.45) is 5.73 Å². The molecule has 2 heterocycles. The zero-order valence-electron chi connectivity index (χ0n) is 14.0. The topological polar surface area (TPSA) is 123 Å². The molecule has 0 aliphatic carbocycles. The van der Waals surface area contributed by atoms with E-state index in [2.05, 4.69) is 15.4 Å². The standard InChI is InChI=1S/C15H19BN4O4/c1-14(2)15(3,4)24-16(23-14)9-7-8(5-6-10(9)21)11-12(13(17)22)19-20-18-11/h5-7,21H,1-4H3,(H2,17,22)(H,18,19,20). The second kappa shape index (κ2) is 5.32. The summed E-state index contributed by atoms with van der Waals surface area (Å²) in [5.41, 5.74) is 5.58. The molecule has 0 spiro atoms. The first-order valence-electron chi connectivity index (χ1n) is 7.52. The van der Waals surface area contributed by atoms with Gasteiger partial charge in [-0.3, -0.25) is 4.79 Å². The predicted octanol–water partition coefficient (Wildman–Crippen LogP) is 0.575. The van der Waals surface area contributed by atoms with Crippen LogP contribution in [0.2, 0.25) is 0 Å². The average Bonchev–Trinajstić information content (AvgIpc) is 3.03. The number of nitrogens with one attached hydrogen (secondary N) is 1. The minimum Gasteiger partial charge on any atom is -0.508 e. The molecule has 8 nitrogen and oxygen atoms in total. The number of aromatic amines is 1. The predicted molar refractivity (Wildman–Crippen MR) is 87.7 cm³/mol. The molecule has 0 radical (unpaired) electrons. The quantitative estimate of drug-likeness (QED) is 0.707. The number of hydrogen-bond acceptors (Lipinski definition) is 6. The first kappa shape index (κ1) is 16.5. The average molecular weight is 330 g/mol. The van der Waals surface area contributed by atoms with Crippen LogP contribution in [-0.4, -0.2) is 44.7 Å². The van der Waals surface area contributed by atoms with Crippen molar-refractivity contribution in [2.45, 2.75) is 38.9 Å². The van der Waals surface area contributed by atoms with Crippen LogP contribution in [0.1, 0.15) is 38.2 Å². The smallest absolute Gasteiger partial charge is 0.498 e. The second-order valence-corrected chi connectivity index (χ2v) is 6.75. The number of rotatable bonds is 3. The van der Waals surface area contributed by atoms with Gasteiger partial charge in [-0.1, -0.05) is 0 Å². The number of benzene rings is 1. The Hall–Kier alpha value is -2.39. The third-order valence-corrected chi connectivity index (χ3v) is 4.59. The molecule has 3 rings (SSSR count). The van der Waals surface area contributed by atoms with Gasteiger partial charge in [0.05, 0.1) is 11.2 Å². The molecule has 1 aliphatic heterocycles. The monoisotopic (exact) mass is 330 g/mol. The van der Waals surface area contributed by atoms with Gasteiger partial charge in [0.15, 0.2) is 5.69 Å². The fourth-order valence-corrected chi connectivity index (χ4v) is 2.46. The molecule has 1 aromatic heterocycles. The maximum absolute atomic E-state index is 11.4. The lowest BCUT2D eigenvalue weighted by Crippen LogP contribution is -2.41. The Morgan fingerprint density at radius 2 is 1.83 bits per heavy atom. The molecule has 1 amide bonds. The van der Waals surface area contributed by atoms with Crippen molar-refractivity contribution in [1.82, 2.24) is 15.4 Å². The molecule has 126 valence electrons. The van der Waals surface area contributed by atoms with Crippen molar-refractivity contribution in [3.05, 3.63) is 23.9 Å². The number of primary amides is 1. The second-order valence-electron chi connectivity index (χ2n) is 6.75. The molecule has 1 aromatic carbocycles. The molecule has 4 N–H and O–H groups in total. The number of aromatic nitrogens is 3. The minimum absolute atomic E-state index is 0.0283. The summed E-state index contributed by atoms with van der Waals surface area (Å²) < 4.78 is 11.9. The summed E-state index contributed by atoms with van der Waals surface area (Å²) in [6, 6.07) is 4.77. The van der Waals surface area contributed by atoms with E-state index >= 15 is 0 Å². The highest BCUT2D eigenvalue weighted by atomic mass is 16.7. The van der Waals surface area contributed by atoms with Crippen LogP contribution in [0, 0.1) is 0 Å². The number of phenols is 1. The number of nitrogens with zero attached hydrogens (tertiary/aromatic N) is 2. The van der Waals surface area contributed by atoms with Crippen LogP contribution in [-0.2, 0) is 9.31 Å². The van der Waals surface area contributed by atoms with Crippen LogP contribution in [0.25, 0.3) is 11.3 Å². The third kappa shape index (κ3) is 2.55. The zero-order chi connectivity index (χ0) is 17.7. The van der Waals surface area contributed by atoms with Gasteiger partial charge in [-0.25, -0.2) is 0 Å². The minimum atomic E-state index is -0.737. The van der Waals surface area contributed by atoms with Gasteiger partial charge in [0.1, 0.15) is 11.4 Å². The summed E-state index contributed by atoms with van der Waals surface area (Å²) >= 11 is 0. The summed E-state index contributed by atoms with van der Waals surface area (Å²) in [5, 5.41) is 20.3. The van der Waals surface area contributed by atoms with Crippen molar-refractivity contribution >= 4 is 18.5 Å². The maximum Gasteiger partial charge on any atom is 0.498 e. The van der Waals surface area contributed by atoms with Gasteiger partial charge in [0.2, 0.25) is 0 Å². The SMILES string of the molecule is CC1(C)OB(c2cc(-c3n[nH]nc3C(N)=O)ccc2O)OC1(C)C. The highest BCUT2D eigenvalue weighted by Crippen LogP contribution is 2.37. The van der Waals surface area contributed by atoms with E-state index in [0.717, 1.165) is 0 Å². The number of H-pyrrole nitrogens is 1. The van der Waals surface area contributed by atoms with Gasteiger partial charge in [0.25, 0.3) is 5.91 Å². The molecule has 24 heavy (non-hydrogen) atoms. The molecule has 0 atom stereocenters. The van der Waals surface area contributed by atoms with Crippen molar-refractivity contribution in [1.29, 1.82) is 0 Å². The van der Waals surface area contributed by atoms with E-state index in [1.54, 1.807) is 12.1 Å². The molecular formula is C15H19BN4O4. The summed E-state index contributed by atoms with van der Waals surface area (Å²) in [4.78, 5) is 11.4. The third-order valence-electron chi connectivity index (χ3n) is 4.59. The van der Waals surface area contributed by atoms with Crippen molar-refractivity contribution in [3.8, 4) is 17.0 Å². The molecule has 0 bridgehead atoms. The highest BCUT2D eigenvalue weighted by molar-refractivity contribution is 6.63. The van der Waals surface area contributed by atoms with Gasteiger partial charge < -0.3 is 20.1 Å². The Labute approximate surface area is 139 Å². The fraction of sp³-hybridized carbons (Fsp3) is 0.400. The Morgan fingerprint density at radius 3 is 2.42 bits per heavy atom. The number of phenolic OH excluding ortho intramolecular Hbond substituents is 1. The first-order chi connectivity index (χ1) is 11.1. The van der Waals surface area contributed by atoms with E-state index in [1.165, 1.54) is 6.07 Å². The molecule has 1 aliphatic rings. The summed E-state index contributed by atoms with van der Waals surface area (Å²) in [6.07, 6.45) is 0.